The van der Waals surface area contributed by atoms with Crippen molar-refractivity contribution in [3.05, 3.63) is 65.4 Å². The quantitative estimate of drug-likeness (QED) is 0.536. The van der Waals surface area contributed by atoms with Crippen molar-refractivity contribution in [1.82, 2.24) is 5.16 Å². The molecule has 0 atom stereocenters. The van der Waals surface area contributed by atoms with Crippen LogP contribution < -0.4 is 15.4 Å². The molecule has 3 aromatic rings. The Kier molecular flexibility index (Phi) is 5.66. The first-order chi connectivity index (χ1) is 13.2. The molecule has 0 unspecified atom stereocenters. The van der Waals surface area contributed by atoms with E-state index in [9.17, 15) is 8.42 Å². The van der Waals surface area contributed by atoms with E-state index in [2.05, 4.69) is 26.6 Å². The number of sulfonamides is 1. The highest BCUT2D eigenvalue weighted by molar-refractivity contribution is 7.92. The zero-order valence-electron chi connectivity index (χ0n) is 15.6. The summed E-state index contributed by atoms with van der Waals surface area (Å²) in [5, 5.41) is 10.2. The fourth-order valence-electron chi connectivity index (χ4n) is 2.57. The lowest BCUT2D eigenvalue weighted by atomic mass is 10.1. The van der Waals surface area contributed by atoms with Crippen LogP contribution in [0.1, 0.15) is 16.9 Å². The van der Waals surface area contributed by atoms with Crippen molar-refractivity contribution in [3.8, 4) is 0 Å². The molecule has 146 valence electrons. The number of aryl methyl sites for hydroxylation is 3. The van der Waals surface area contributed by atoms with E-state index in [-0.39, 0.29) is 10.7 Å². The maximum atomic E-state index is 12.4. The van der Waals surface area contributed by atoms with E-state index >= 15 is 0 Å². The summed E-state index contributed by atoms with van der Waals surface area (Å²) in [6.07, 6.45) is 0. The molecule has 0 bridgehead atoms. The molecule has 0 aliphatic carbocycles. The van der Waals surface area contributed by atoms with Gasteiger partial charge in [-0.2, -0.15) is 0 Å². The van der Waals surface area contributed by atoms with Gasteiger partial charge in [-0.05, 0) is 68.9 Å². The lowest BCUT2D eigenvalue weighted by molar-refractivity contribution is 0.400. The number of hydrogen-bond donors (Lipinski definition) is 3. The van der Waals surface area contributed by atoms with Gasteiger partial charge in [0.15, 0.2) is 10.9 Å². The highest BCUT2D eigenvalue weighted by Crippen LogP contribution is 2.19. The van der Waals surface area contributed by atoms with Crippen LogP contribution in [-0.2, 0) is 10.0 Å². The van der Waals surface area contributed by atoms with Crippen molar-refractivity contribution in [2.24, 2.45) is 0 Å². The Morgan fingerprint density at radius 3 is 2.32 bits per heavy atom. The van der Waals surface area contributed by atoms with Crippen molar-refractivity contribution in [2.75, 3.05) is 15.4 Å². The Balaban J connectivity index is 1.66. The largest absolute Gasteiger partial charge is 0.360 e. The summed E-state index contributed by atoms with van der Waals surface area (Å²) in [5.74, 6) is 0.653. The van der Waals surface area contributed by atoms with Crippen LogP contribution in [0, 0.1) is 20.8 Å². The van der Waals surface area contributed by atoms with Crippen LogP contribution in [0.5, 0.6) is 0 Å². The number of nitrogens with zero attached hydrogens (tertiary/aromatic N) is 1. The van der Waals surface area contributed by atoms with Gasteiger partial charge in [0.2, 0.25) is 0 Å². The van der Waals surface area contributed by atoms with Crippen molar-refractivity contribution >= 4 is 44.5 Å². The summed E-state index contributed by atoms with van der Waals surface area (Å²) in [7, 11) is -3.75. The first-order valence-electron chi connectivity index (χ1n) is 8.44. The van der Waals surface area contributed by atoms with Gasteiger partial charge in [-0.15, -0.1) is 0 Å². The number of aromatic nitrogens is 1. The second-order valence-electron chi connectivity index (χ2n) is 6.35. The molecule has 7 nitrogen and oxygen atoms in total. The molecule has 1 heterocycles. The van der Waals surface area contributed by atoms with E-state index in [1.165, 1.54) is 23.8 Å². The summed E-state index contributed by atoms with van der Waals surface area (Å²) in [6, 6.07) is 13.8. The predicted molar refractivity (Wildman–Crippen MR) is 114 cm³/mol. The lowest BCUT2D eigenvalue weighted by Crippen LogP contribution is -2.19. The molecule has 1 aromatic heterocycles. The summed E-state index contributed by atoms with van der Waals surface area (Å²) < 4.78 is 32.0. The van der Waals surface area contributed by atoms with Gasteiger partial charge < -0.3 is 15.2 Å². The topological polar surface area (TPSA) is 96.3 Å². The Labute approximate surface area is 169 Å². The number of benzene rings is 2. The highest BCUT2D eigenvalue weighted by atomic mass is 32.2. The van der Waals surface area contributed by atoms with E-state index in [1.807, 2.05) is 26.0 Å². The number of rotatable bonds is 5. The van der Waals surface area contributed by atoms with Crippen molar-refractivity contribution in [1.29, 1.82) is 0 Å². The monoisotopic (exact) mass is 416 g/mol. The second-order valence-corrected chi connectivity index (χ2v) is 8.44. The predicted octanol–water partition coefficient (Wildman–Crippen LogP) is 4.21. The molecule has 0 aliphatic heterocycles. The van der Waals surface area contributed by atoms with E-state index in [4.69, 9.17) is 16.7 Å². The third-order valence-corrected chi connectivity index (χ3v) is 5.49. The first kappa shape index (κ1) is 19.8. The van der Waals surface area contributed by atoms with Gasteiger partial charge in [0, 0.05) is 17.4 Å². The molecule has 2 aromatic carbocycles. The van der Waals surface area contributed by atoms with E-state index in [1.54, 1.807) is 19.1 Å². The molecule has 0 fully saturated rings. The SMILES string of the molecule is Cc1ccc(NC(=S)Nc2ccc(S(=O)(=O)Nc3cc(C)on3)cc2)c(C)c1. The number of hydrogen-bond acceptors (Lipinski definition) is 5. The van der Waals surface area contributed by atoms with Crippen molar-refractivity contribution < 1.29 is 12.9 Å². The number of anilines is 3. The van der Waals surface area contributed by atoms with Crippen LogP contribution in [0.4, 0.5) is 17.2 Å². The molecule has 0 aliphatic rings. The minimum atomic E-state index is -3.75. The van der Waals surface area contributed by atoms with Crippen LogP contribution in [0.25, 0.3) is 0 Å². The smallest absolute Gasteiger partial charge is 0.263 e. The van der Waals surface area contributed by atoms with Gasteiger partial charge in [-0.25, -0.2) is 8.42 Å². The average Bonchev–Trinajstić information content (AvgIpc) is 3.02. The standard InChI is InChI=1S/C19H20N4O3S2/c1-12-4-9-17(13(2)10-12)21-19(27)20-15-5-7-16(8-6-15)28(24,25)23-18-11-14(3)26-22-18/h4-11H,1-3H3,(H,22,23)(H2,20,21,27). The molecular weight excluding hydrogens is 396 g/mol. The normalized spacial score (nSPS) is 11.1. The lowest BCUT2D eigenvalue weighted by Gasteiger charge is -2.13. The van der Waals surface area contributed by atoms with Gasteiger partial charge >= 0.3 is 0 Å². The van der Waals surface area contributed by atoms with Crippen LogP contribution >= 0.6 is 12.2 Å². The van der Waals surface area contributed by atoms with Gasteiger partial charge in [-0.3, -0.25) is 4.72 Å². The third kappa shape index (κ3) is 4.87. The number of nitrogens with one attached hydrogen (secondary N) is 3. The third-order valence-electron chi connectivity index (χ3n) is 3.92. The minimum absolute atomic E-state index is 0.104. The highest BCUT2D eigenvalue weighted by Gasteiger charge is 2.16. The van der Waals surface area contributed by atoms with Crippen LogP contribution in [0.2, 0.25) is 0 Å². The van der Waals surface area contributed by atoms with E-state index in [0.717, 1.165) is 11.3 Å². The maximum Gasteiger partial charge on any atom is 0.263 e. The van der Waals surface area contributed by atoms with Gasteiger partial charge in [-0.1, -0.05) is 22.9 Å². The molecule has 9 heteroatoms. The molecule has 3 rings (SSSR count). The Morgan fingerprint density at radius 1 is 1.00 bits per heavy atom. The Morgan fingerprint density at radius 2 is 1.71 bits per heavy atom. The van der Waals surface area contributed by atoms with Crippen LogP contribution in [-0.4, -0.2) is 18.7 Å². The average molecular weight is 417 g/mol. The molecule has 0 radical (unpaired) electrons. The summed E-state index contributed by atoms with van der Waals surface area (Å²) in [5.41, 5.74) is 3.83. The van der Waals surface area contributed by atoms with Crippen LogP contribution in [0.15, 0.2) is 57.9 Å². The molecule has 0 amide bonds. The molecule has 3 N–H and O–H groups in total. The van der Waals surface area contributed by atoms with Crippen molar-refractivity contribution in [2.45, 2.75) is 25.7 Å². The summed E-state index contributed by atoms with van der Waals surface area (Å²) >= 11 is 5.33. The zero-order chi connectivity index (χ0) is 20.3. The zero-order valence-corrected chi connectivity index (χ0v) is 17.2. The summed E-state index contributed by atoms with van der Waals surface area (Å²) in [4.78, 5) is 0.104. The maximum absolute atomic E-state index is 12.4. The summed E-state index contributed by atoms with van der Waals surface area (Å²) in [6.45, 7) is 5.71. The van der Waals surface area contributed by atoms with Crippen molar-refractivity contribution in [3.63, 3.8) is 0 Å². The first-order valence-corrected chi connectivity index (χ1v) is 10.3. The molecule has 28 heavy (non-hydrogen) atoms. The molecular formula is C19H20N4O3S2. The minimum Gasteiger partial charge on any atom is -0.360 e. The molecule has 0 saturated carbocycles. The molecule has 0 spiro atoms. The number of thiocarbonyl (C=S) groups is 1. The molecule has 0 saturated heterocycles. The van der Waals surface area contributed by atoms with Gasteiger partial charge in [0.25, 0.3) is 10.0 Å². The van der Waals surface area contributed by atoms with Gasteiger partial charge in [0.05, 0.1) is 4.90 Å². The van der Waals surface area contributed by atoms with E-state index < -0.39 is 10.0 Å². The Hall–Kier alpha value is -2.91. The fourth-order valence-corrected chi connectivity index (χ4v) is 3.78. The van der Waals surface area contributed by atoms with Gasteiger partial charge in [0.1, 0.15) is 5.76 Å². The van der Waals surface area contributed by atoms with Crippen LogP contribution in [0.3, 0.4) is 0 Å². The fraction of sp³-hybridized carbons (Fsp3) is 0.158. The van der Waals surface area contributed by atoms with E-state index in [0.29, 0.717) is 16.6 Å². The Bertz CT molecular complexity index is 1110. The second kappa shape index (κ2) is 7.99.